The van der Waals surface area contributed by atoms with Crippen molar-refractivity contribution in [1.82, 2.24) is 10.2 Å². The van der Waals surface area contributed by atoms with E-state index in [1.54, 1.807) is 23.1 Å². The lowest BCUT2D eigenvalue weighted by molar-refractivity contribution is -0.139. The Morgan fingerprint density at radius 1 is 1.10 bits per heavy atom. The van der Waals surface area contributed by atoms with Gasteiger partial charge in [-0.2, -0.15) is 0 Å². The molecule has 1 atom stereocenters. The van der Waals surface area contributed by atoms with Crippen LogP contribution >= 0.6 is 35.0 Å². The first kappa shape index (κ1) is 25.6. The minimum absolute atomic E-state index is 0.00853. The molecule has 0 aromatic heterocycles. The first-order valence-corrected chi connectivity index (χ1v) is 12.3. The molecule has 0 saturated carbocycles. The van der Waals surface area contributed by atoms with Gasteiger partial charge in [-0.3, -0.25) is 9.59 Å². The summed E-state index contributed by atoms with van der Waals surface area (Å²) in [6.07, 6.45) is 0.539. The van der Waals surface area contributed by atoms with Crippen molar-refractivity contribution in [3.63, 3.8) is 0 Å². The van der Waals surface area contributed by atoms with Crippen molar-refractivity contribution in [1.29, 1.82) is 0 Å². The van der Waals surface area contributed by atoms with Gasteiger partial charge in [0.2, 0.25) is 11.8 Å². The van der Waals surface area contributed by atoms with Crippen LogP contribution < -0.4 is 5.32 Å². The van der Waals surface area contributed by atoms with Gasteiger partial charge >= 0.3 is 0 Å². The molecular weight excluding hydrogens is 451 g/mol. The van der Waals surface area contributed by atoms with Crippen molar-refractivity contribution in [2.24, 2.45) is 0 Å². The number of benzene rings is 2. The molecule has 2 amide bonds. The quantitative estimate of drug-likeness (QED) is 0.462. The van der Waals surface area contributed by atoms with Crippen molar-refractivity contribution in [2.75, 3.05) is 5.75 Å². The molecule has 0 bridgehead atoms. The Morgan fingerprint density at radius 3 is 2.32 bits per heavy atom. The highest BCUT2D eigenvalue weighted by molar-refractivity contribution is 7.99. The van der Waals surface area contributed by atoms with Crippen LogP contribution in [0, 0.1) is 6.92 Å². The molecule has 7 heteroatoms. The molecule has 1 N–H and O–H groups in total. The van der Waals surface area contributed by atoms with E-state index in [0.717, 1.165) is 16.7 Å². The van der Waals surface area contributed by atoms with Gasteiger partial charge in [0.05, 0.1) is 5.75 Å². The second-order valence-electron chi connectivity index (χ2n) is 7.79. The van der Waals surface area contributed by atoms with Crippen molar-refractivity contribution < 1.29 is 9.59 Å². The number of halogens is 2. The number of nitrogens with one attached hydrogen (secondary N) is 1. The molecule has 0 radical (unpaired) electrons. The maximum atomic E-state index is 13.2. The van der Waals surface area contributed by atoms with Crippen molar-refractivity contribution in [3.05, 3.63) is 69.2 Å². The third-order valence-electron chi connectivity index (χ3n) is 4.79. The van der Waals surface area contributed by atoms with Gasteiger partial charge in [0.15, 0.2) is 0 Å². The lowest BCUT2D eigenvalue weighted by atomic mass is 10.1. The number of rotatable bonds is 10. The van der Waals surface area contributed by atoms with Gasteiger partial charge in [0.1, 0.15) is 6.04 Å². The van der Waals surface area contributed by atoms with Crippen LogP contribution in [-0.4, -0.2) is 34.6 Å². The topological polar surface area (TPSA) is 49.4 Å². The highest BCUT2D eigenvalue weighted by Gasteiger charge is 2.29. The molecule has 0 saturated heterocycles. The molecule has 0 aliphatic rings. The van der Waals surface area contributed by atoms with Crippen LogP contribution in [0.3, 0.4) is 0 Å². The van der Waals surface area contributed by atoms with Crippen LogP contribution in [0.5, 0.6) is 0 Å². The molecule has 0 heterocycles. The highest BCUT2D eigenvalue weighted by Crippen LogP contribution is 2.28. The van der Waals surface area contributed by atoms with Gasteiger partial charge in [0, 0.05) is 28.4 Å². The molecule has 168 valence electrons. The number of hydrogen-bond donors (Lipinski definition) is 1. The minimum Gasteiger partial charge on any atom is -0.352 e. The largest absolute Gasteiger partial charge is 0.352 e. The normalized spacial score (nSPS) is 12.0. The fraction of sp³-hybridized carbons (Fsp3) is 0.417. The lowest BCUT2D eigenvalue weighted by Crippen LogP contribution is -2.50. The minimum atomic E-state index is -0.528. The summed E-state index contributed by atoms with van der Waals surface area (Å²) in [4.78, 5) is 27.8. The molecule has 0 fully saturated rings. The molecule has 2 aromatic rings. The molecule has 0 unspecified atom stereocenters. The third kappa shape index (κ3) is 7.74. The molecule has 0 aliphatic heterocycles. The number of carbonyl (C=O) groups excluding carboxylic acids is 2. The molecule has 4 nitrogen and oxygen atoms in total. The SMILES string of the molecule is CC[C@@H](C(=O)NC(C)C)N(Cc1cccc(C)c1)C(=O)CSCc1c(Cl)cccc1Cl. The fourth-order valence-electron chi connectivity index (χ4n) is 3.30. The third-order valence-corrected chi connectivity index (χ3v) is 6.44. The summed E-state index contributed by atoms with van der Waals surface area (Å²) in [6, 6.07) is 12.9. The number of thioether (sulfide) groups is 1. The Balaban J connectivity index is 2.17. The molecule has 2 aromatic carbocycles. The Kier molecular flexibility index (Phi) is 10.2. The van der Waals surface area contributed by atoms with Gasteiger partial charge in [-0.25, -0.2) is 0 Å². The van der Waals surface area contributed by atoms with Crippen LogP contribution in [0.25, 0.3) is 0 Å². The van der Waals surface area contributed by atoms with Crippen molar-refractivity contribution >= 4 is 46.8 Å². The zero-order chi connectivity index (χ0) is 23.0. The second kappa shape index (κ2) is 12.4. The molecular formula is C24H30Cl2N2O2S. The Labute approximate surface area is 199 Å². The Hall–Kier alpha value is -1.69. The van der Waals surface area contributed by atoms with Gasteiger partial charge in [-0.1, -0.05) is 66.0 Å². The second-order valence-corrected chi connectivity index (χ2v) is 9.59. The Morgan fingerprint density at radius 2 is 1.74 bits per heavy atom. The van der Waals surface area contributed by atoms with Gasteiger partial charge < -0.3 is 10.2 Å². The highest BCUT2D eigenvalue weighted by atomic mass is 35.5. The standard InChI is InChI=1S/C24H30Cl2N2O2S/c1-5-22(24(30)27-16(2)3)28(13-18-9-6-8-17(4)12-18)23(29)15-31-14-19-20(25)10-7-11-21(19)26/h6-12,16,22H,5,13-15H2,1-4H3,(H,27,30)/t22-/m0/s1. The average molecular weight is 481 g/mol. The monoisotopic (exact) mass is 480 g/mol. The maximum absolute atomic E-state index is 13.2. The first-order valence-electron chi connectivity index (χ1n) is 10.4. The summed E-state index contributed by atoms with van der Waals surface area (Å²) >= 11 is 13.9. The van der Waals surface area contributed by atoms with Crippen LogP contribution in [0.2, 0.25) is 10.0 Å². The summed E-state index contributed by atoms with van der Waals surface area (Å²) in [6.45, 7) is 8.17. The molecule has 0 aliphatic carbocycles. The average Bonchev–Trinajstić information content (AvgIpc) is 2.69. The van der Waals surface area contributed by atoms with E-state index in [4.69, 9.17) is 23.2 Å². The van der Waals surface area contributed by atoms with Crippen LogP contribution in [0.1, 0.15) is 43.9 Å². The van der Waals surface area contributed by atoms with Crippen LogP contribution in [0.4, 0.5) is 0 Å². The molecule has 0 spiro atoms. The summed E-state index contributed by atoms with van der Waals surface area (Å²) in [5.41, 5.74) is 2.94. The number of aryl methyl sites for hydroxylation is 1. The molecule has 31 heavy (non-hydrogen) atoms. The van der Waals surface area contributed by atoms with E-state index < -0.39 is 6.04 Å². The maximum Gasteiger partial charge on any atom is 0.243 e. The van der Waals surface area contributed by atoms with Crippen LogP contribution in [0.15, 0.2) is 42.5 Å². The van der Waals surface area contributed by atoms with Crippen molar-refractivity contribution in [3.8, 4) is 0 Å². The van der Waals surface area contributed by atoms with E-state index in [-0.39, 0.29) is 23.6 Å². The summed E-state index contributed by atoms with van der Waals surface area (Å²) in [5.74, 6) is 0.550. The summed E-state index contributed by atoms with van der Waals surface area (Å²) in [5, 5.41) is 4.13. The Bertz CT molecular complexity index is 885. The lowest BCUT2D eigenvalue weighted by Gasteiger charge is -2.31. The van der Waals surface area contributed by atoms with E-state index in [0.29, 0.717) is 28.8 Å². The predicted octanol–water partition coefficient (Wildman–Crippen LogP) is 5.87. The predicted molar refractivity (Wildman–Crippen MR) is 132 cm³/mol. The van der Waals surface area contributed by atoms with E-state index in [1.807, 2.05) is 52.0 Å². The summed E-state index contributed by atoms with van der Waals surface area (Å²) < 4.78 is 0. The van der Waals surface area contributed by atoms with E-state index in [1.165, 1.54) is 11.8 Å². The number of hydrogen-bond acceptors (Lipinski definition) is 3. The first-order chi connectivity index (χ1) is 14.7. The van der Waals surface area contributed by atoms with E-state index >= 15 is 0 Å². The fourth-order valence-corrected chi connectivity index (χ4v) is 4.95. The smallest absolute Gasteiger partial charge is 0.243 e. The van der Waals surface area contributed by atoms with Crippen LogP contribution in [-0.2, 0) is 21.9 Å². The number of amides is 2. The van der Waals surface area contributed by atoms with Gasteiger partial charge in [-0.05, 0) is 50.5 Å². The van der Waals surface area contributed by atoms with E-state index in [9.17, 15) is 9.59 Å². The van der Waals surface area contributed by atoms with Gasteiger partial charge in [0.25, 0.3) is 0 Å². The van der Waals surface area contributed by atoms with E-state index in [2.05, 4.69) is 5.32 Å². The summed E-state index contributed by atoms with van der Waals surface area (Å²) in [7, 11) is 0. The zero-order valence-corrected chi connectivity index (χ0v) is 20.8. The zero-order valence-electron chi connectivity index (χ0n) is 18.5. The number of carbonyl (C=O) groups is 2. The van der Waals surface area contributed by atoms with Gasteiger partial charge in [-0.15, -0.1) is 11.8 Å². The number of nitrogens with zero attached hydrogens (tertiary/aromatic N) is 1. The molecule has 2 rings (SSSR count). The van der Waals surface area contributed by atoms with Crippen molar-refractivity contribution in [2.45, 2.75) is 58.5 Å².